The van der Waals surface area contributed by atoms with E-state index in [1.165, 1.54) is 18.2 Å². The van der Waals surface area contributed by atoms with Crippen molar-refractivity contribution in [3.63, 3.8) is 0 Å². The van der Waals surface area contributed by atoms with E-state index in [0.29, 0.717) is 27.5 Å². The molecule has 0 unspecified atom stereocenters. The fourth-order valence-corrected chi connectivity index (χ4v) is 4.72. The summed E-state index contributed by atoms with van der Waals surface area (Å²) in [6.45, 7) is 0. The lowest BCUT2D eigenvalue weighted by molar-refractivity contribution is -0.384. The molecule has 1 N–H and O–H groups in total. The van der Waals surface area contributed by atoms with E-state index in [1.807, 2.05) is 42.5 Å². The van der Waals surface area contributed by atoms with Crippen molar-refractivity contribution < 1.29 is 17.9 Å². The molecule has 1 aromatic heterocycles. The third-order valence-electron chi connectivity index (χ3n) is 5.52. The largest absolute Gasteiger partial charge is 0.295 e. The van der Waals surface area contributed by atoms with Crippen molar-refractivity contribution in [2.45, 2.75) is 4.90 Å². The molecule has 0 bridgehead atoms. The average Bonchev–Trinajstić information content (AvgIpc) is 2.82. The molecule has 33 heavy (non-hydrogen) atoms. The van der Waals surface area contributed by atoms with Crippen LogP contribution < -0.4 is 0 Å². The second-order valence-electron chi connectivity index (χ2n) is 7.52. The summed E-state index contributed by atoms with van der Waals surface area (Å²) in [4.78, 5) is 15.1. The van der Waals surface area contributed by atoms with Crippen LogP contribution in [0, 0.1) is 10.1 Å². The number of nitro benzene ring substituents is 1. The average molecular weight is 456 g/mol. The van der Waals surface area contributed by atoms with Gasteiger partial charge in [0.15, 0.2) is 0 Å². The Kier molecular flexibility index (Phi) is 4.88. The first-order valence-electron chi connectivity index (χ1n) is 9.97. The van der Waals surface area contributed by atoms with Crippen LogP contribution in [0.5, 0.6) is 0 Å². The third kappa shape index (κ3) is 3.71. The molecule has 162 valence electrons. The van der Waals surface area contributed by atoms with E-state index in [9.17, 15) is 23.1 Å². The van der Waals surface area contributed by atoms with E-state index >= 15 is 0 Å². The number of pyridine rings is 1. The first kappa shape index (κ1) is 20.7. The first-order valence-corrected chi connectivity index (χ1v) is 11.4. The van der Waals surface area contributed by atoms with E-state index in [-0.39, 0.29) is 10.6 Å². The summed E-state index contributed by atoms with van der Waals surface area (Å²) >= 11 is 0. The molecule has 4 aromatic carbocycles. The molecular formula is C25H16N2O5S. The smallest absolute Gasteiger partial charge is 0.282 e. The molecule has 5 aromatic rings. The van der Waals surface area contributed by atoms with E-state index in [2.05, 4.69) is 0 Å². The molecule has 0 spiro atoms. The van der Waals surface area contributed by atoms with Crippen LogP contribution in [0.3, 0.4) is 0 Å². The van der Waals surface area contributed by atoms with Gasteiger partial charge in [0.2, 0.25) is 0 Å². The topological polar surface area (TPSA) is 110 Å². The molecule has 7 nitrogen and oxygen atoms in total. The normalized spacial score (nSPS) is 11.7. The van der Waals surface area contributed by atoms with Crippen molar-refractivity contribution in [3.05, 3.63) is 101 Å². The summed E-state index contributed by atoms with van der Waals surface area (Å²) in [5.41, 5.74) is 3.25. The lowest BCUT2D eigenvalue weighted by Gasteiger charge is -2.14. The molecule has 5 rings (SSSR count). The van der Waals surface area contributed by atoms with Gasteiger partial charge in [0, 0.05) is 28.5 Å². The Morgan fingerprint density at radius 3 is 2.21 bits per heavy atom. The Morgan fingerprint density at radius 1 is 0.818 bits per heavy atom. The number of nitrogens with zero attached hydrogens (tertiary/aromatic N) is 2. The van der Waals surface area contributed by atoms with E-state index in [4.69, 9.17) is 4.98 Å². The van der Waals surface area contributed by atoms with Crippen molar-refractivity contribution in [3.8, 4) is 22.4 Å². The molecule has 0 aliphatic heterocycles. The lowest BCUT2D eigenvalue weighted by Crippen LogP contribution is -2.00. The predicted molar refractivity (Wildman–Crippen MR) is 127 cm³/mol. The summed E-state index contributed by atoms with van der Waals surface area (Å²) in [5, 5.41) is 12.7. The Morgan fingerprint density at radius 2 is 1.55 bits per heavy atom. The predicted octanol–water partition coefficient (Wildman–Crippen LogP) is 5.88. The van der Waals surface area contributed by atoms with E-state index < -0.39 is 15.0 Å². The van der Waals surface area contributed by atoms with Gasteiger partial charge in [-0.15, -0.1) is 0 Å². The summed E-state index contributed by atoms with van der Waals surface area (Å²) in [6, 6.07) is 25.8. The Labute approximate surface area is 188 Å². The van der Waals surface area contributed by atoms with Gasteiger partial charge in [-0.2, -0.15) is 8.42 Å². The number of rotatable bonds is 4. The zero-order chi connectivity index (χ0) is 23.2. The van der Waals surface area contributed by atoms with Crippen LogP contribution in [0.1, 0.15) is 0 Å². The van der Waals surface area contributed by atoms with Gasteiger partial charge in [-0.05, 0) is 40.8 Å². The number of hydrogen-bond acceptors (Lipinski definition) is 5. The minimum atomic E-state index is -4.51. The fraction of sp³-hybridized carbons (Fsp3) is 0. The molecule has 1 heterocycles. The van der Waals surface area contributed by atoms with E-state index in [0.717, 1.165) is 16.5 Å². The molecule has 0 aliphatic rings. The van der Waals surface area contributed by atoms with Gasteiger partial charge in [-0.1, -0.05) is 54.6 Å². The molecule has 8 heteroatoms. The van der Waals surface area contributed by atoms with Crippen LogP contribution in [0.15, 0.2) is 95.9 Å². The summed E-state index contributed by atoms with van der Waals surface area (Å²) in [6.07, 6.45) is 0. The summed E-state index contributed by atoms with van der Waals surface area (Å²) in [7, 11) is -4.51. The third-order valence-corrected chi connectivity index (χ3v) is 6.42. The van der Waals surface area contributed by atoms with Crippen LogP contribution in [0.4, 0.5) is 5.69 Å². The molecule has 0 saturated heterocycles. The highest BCUT2D eigenvalue weighted by Gasteiger charge is 2.19. The Balaban J connectivity index is 1.91. The second-order valence-corrected chi connectivity index (χ2v) is 8.91. The van der Waals surface area contributed by atoms with Crippen LogP contribution >= 0.6 is 0 Å². The van der Waals surface area contributed by atoms with Crippen molar-refractivity contribution >= 4 is 37.5 Å². The van der Waals surface area contributed by atoms with Crippen molar-refractivity contribution in [1.82, 2.24) is 4.98 Å². The molecular weight excluding hydrogens is 440 g/mol. The summed E-state index contributed by atoms with van der Waals surface area (Å²) < 4.78 is 34.2. The molecule has 0 atom stereocenters. The number of benzene rings is 4. The van der Waals surface area contributed by atoms with Gasteiger partial charge in [0.25, 0.3) is 15.8 Å². The number of nitro groups is 1. The van der Waals surface area contributed by atoms with E-state index in [1.54, 1.807) is 30.3 Å². The maximum Gasteiger partial charge on any atom is 0.295 e. The highest BCUT2D eigenvalue weighted by atomic mass is 32.2. The number of fused-ring (bicyclic) bond motifs is 3. The van der Waals surface area contributed by atoms with Crippen LogP contribution in [-0.2, 0) is 10.1 Å². The Hall–Kier alpha value is -4.14. The maximum absolute atomic E-state index is 12.2. The van der Waals surface area contributed by atoms with Gasteiger partial charge in [-0.3, -0.25) is 14.7 Å². The van der Waals surface area contributed by atoms with Gasteiger partial charge in [0.05, 0.1) is 16.1 Å². The van der Waals surface area contributed by atoms with Crippen LogP contribution in [0.25, 0.3) is 44.1 Å². The highest BCUT2D eigenvalue weighted by Crippen LogP contribution is 2.37. The lowest BCUT2D eigenvalue weighted by atomic mass is 9.96. The van der Waals surface area contributed by atoms with Crippen molar-refractivity contribution in [2.75, 3.05) is 0 Å². The minimum absolute atomic E-state index is 0.0399. The highest BCUT2D eigenvalue weighted by molar-refractivity contribution is 7.86. The van der Waals surface area contributed by atoms with Crippen LogP contribution in [-0.4, -0.2) is 22.9 Å². The van der Waals surface area contributed by atoms with Gasteiger partial charge < -0.3 is 0 Å². The number of aromatic nitrogens is 1. The molecule has 0 aliphatic carbocycles. The fourth-order valence-electron chi connectivity index (χ4n) is 4.00. The molecule has 0 amide bonds. The quantitative estimate of drug-likeness (QED) is 0.157. The summed E-state index contributed by atoms with van der Waals surface area (Å²) in [5.74, 6) is 0. The molecule has 0 radical (unpaired) electrons. The maximum atomic E-state index is 12.2. The monoisotopic (exact) mass is 456 g/mol. The van der Waals surface area contributed by atoms with Gasteiger partial charge in [-0.25, -0.2) is 4.98 Å². The number of hydrogen-bond donors (Lipinski definition) is 1. The van der Waals surface area contributed by atoms with Gasteiger partial charge >= 0.3 is 0 Å². The molecule has 0 fully saturated rings. The minimum Gasteiger partial charge on any atom is -0.282 e. The standard InChI is InChI=1S/C25H16N2O5S/c28-27(29)19-12-9-17(10-13-19)22-15-21(16-5-2-1-3-6-16)20-14-11-18-7-4-8-23(33(30,31)32)24(18)25(20)26-22/h1-15H,(H,30,31,32). The zero-order valence-electron chi connectivity index (χ0n) is 17.0. The molecule has 0 saturated carbocycles. The zero-order valence-corrected chi connectivity index (χ0v) is 17.9. The SMILES string of the molecule is O=[N+]([O-])c1ccc(-c2cc(-c3ccccc3)c3ccc4cccc(S(=O)(=O)O)c4c3n2)cc1. The van der Waals surface area contributed by atoms with Crippen LogP contribution in [0.2, 0.25) is 0 Å². The van der Waals surface area contributed by atoms with Gasteiger partial charge in [0.1, 0.15) is 4.90 Å². The first-order chi connectivity index (χ1) is 15.8. The van der Waals surface area contributed by atoms with Crippen molar-refractivity contribution in [1.29, 1.82) is 0 Å². The number of non-ortho nitro benzene ring substituents is 1. The second kappa shape index (κ2) is 7.77. The van der Waals surface area contributed by atoms with Crippen molar-refractivity contribution in [2.24, 2.45) is 0 Å². The Bertz CT molecular complexity index is 1650.